The number of hydrogen-bond acceptors (Lipinski definition) is 1. The Balaban J connectivity index is 2.07. The van der Waals surface area contributed by atoms with E-state index in [1.807, 2.05) is 12.1 Å². The van der Waals surface area contributed by atoms with Crippen LogP contribution in [0, 0.1) is 11.2 Å². The van der Waals surface area contributed by atoms with Gasteiger partial charge in [0.1, 0.15) is 5.82 Å². The van der Waals surface area contributed by atoms with Crippen LogP contribution in [-0.4, -0.2) is 6.04 Å². The Morgan fingerprint density at radius 2 is 2.06 bits per heavy atom. The van der Waals surface area contributed by atoms with Crippen molar-refractivity contribution < 1.29 is 4.39 Å². The van der Waals surface area contributed by atoms with Crippen molar-refractivity contribution in [3.05, 3.63) is 34.1 Å². The molecule has 17 heavy (non-hydrogen) atoms. The summed E-state index contributed by atoms with van der Waals surface area (Å²) in [5, 5.41) is 0. The smallest absolute Gasteiger partial charge is 0.137 e. The van der Waals surface area contributed by atoms with E-state index in [1.54, 1.807) is 0 Å². The molecule has 0 bridgehead atoms. The van der Waals surface area contributed by atoms with E-state index < -0.39 is 0 Å². The summed E-state index contributed by atoms with van der Waals surface area (Å²) in [4.78, 5) is 0. The molecule has 0 saturated heterocycles. The van der Waals surface area contributed by atoms with Crippen LogP contribution in [0.1, 0.15) is 38.2 Å². The van der Waals surface area contributed by atoms with Crippen molar-refractivity contribution in [2.75, 3.05) is 0 Å². The molecule has 1 atom stereocenters. The summed E-state index contributed by atoms with van der Waals surface area (Å²) in [7, 11) is 0. The summed E-state index contributed by atoms with van der Waals surface area (Å²) in [5.74, 6) is -0.214. The second-order valence-electron chi connectivity index (χ2n) is 5.42. The molecule has 94 valence electrons. The fraction of sp³-hybridized carbons (Fsp3) is 0.571. The van der Waals surface area contributed by atoms with Gasteiger partial charge in [-0.3, -0.25) is 0 Å². The molecule has 2 rings (SSSR count). The molecule has 1 aromatic carbocycles. The van der Waals surface area contributed by atoms with Gasteiger partial charge in [0.2, 0.25) is 0 Å². The summed E-state index contributed by atoms with van der Waals surface area (Å²) >= 11 is 3.22. The monoisotopic (exact) mass is 299 g/mol. The highest BCUT2D eigenvalue weighted by Crippen LogP contribution is 2.40. The van der Waals surface area contributed by atoms with Crippen LogP contribution < -0.4 is 5.73 Å². The SMILES string of the molecule is CC1(C(N)Cc2ccc(F)c(Br)c2)CCCC1. The van der Waals surface area contributed by atoms with Crippen LogP contribution in [0.4, 0.5) is 4.39 Å². The van der Waals surface area contributed by atoms with E-state index >= 15 is 0 Å². The Morgan fingerprint density at radius 1 is 1.41 bits per heavy atom. The first-order valence-corrected chi connectivity index (χ1v) is 7.00. The van der Waals surface area contributed by atoms with Crippen molar-refractivity contribution in [2.24, 2.45) is 11.1 Å². The van der Waals surface area contributed by atoms with Gasteiger partial charge in [-0.25, -0.2) is 4.39 Å². The summed E-state index contributed by atoms with van der Waals surface area (Å²) in [5.41, 5.74) is 7.70. The minimum Gasteiger partial charge on any atom is -0.327 e. The van der Waals surface area contributed by atoms with Crippen LogP contribution in [-0.2, 0) is 6.42 Å². The Morgan fingerprint density at radius 3 is 2.65 bits per heavy atom. The third-order valence-electron chi connectivity index (χ3n) is 4.08. The van der Waals surface area contributed by atoms with Gasteiger partial charge < -0.3 is 5.73 Å². The van der Waals surface area contributed by atoms with Gasteiger partial charge in [0.05, 0.1) is 4.47 Å². The van der Waals surface area contributed by atoms with E-state index in [2.05, 4.69) is 22.9 Å². The molecular weight excluding hydrogens is 281 g/mol. The molecule has 1 aliphatic rings. The molecule has 1 unspecified atom stereocenters. The van der Waals surface area contributed by atoms with Crippen molar-refractivity contribution in [3.8, 4) is 0 Å². The second kappa shape index (κ2) is 5.07. The van der Waals surface area contributed by atoms with E-state index in [0.29, 0.717) is 4.47 Å². The predicted molar refractivity (Wildman–Crippen MR) is 72.4 cm³/mol. The number of rotatable bonds is 3. The Labute approximate surface area is 111 Å². The normalized spacial score (nSPS) is 20.5. The Hall–Kier alpha value is -0.410. The zero-order valence-electron chi connectivity index (χ0n) is 10.2. The first kappa shape index (κ1) is 13.0. The number of benzene rings is 1. The molecule has 1 saturated carbocycles. The van der Waals surface area contributed by atoms with Gasteiger partial charge in [0.25, 0.3) is 0 Å². The fourth-order valence-corrected chi connectivity index (χ4v) is 3.15. The first-order chi connectivity index (χ1) is 8.01. The highest BCUT2D eigenvalue weighted by Gasteiger charge is 2.34. The molecule has 1 aliphatic carbocycles. The zero-order valence-corrected chi connectivity index (χ0v) is 11.8. The molecule has 0 aromatic heterocycles. The molecule has 0 radical (unpaired) electrons. The van der Waals surface area contributed by atoms with E-state index in [9.17, 15) is 4.39 Å². The lowest BCUT2D eigenvalue weighted by Crippen LogP contribution is -2.39. The van der Waals surface area contributed by atoms with Crippen LogP contribution >= 0.6 is 15.9 Å². The second-order valence-corrected chi connectivity index (χ2v) is 6.27. The summed E-state index contributed by atoms with van der Waals surface area (Å²) in [6, 6.07) is 5.34. The highest BCUT2D eigenvalue weighted by molar-refractivity contribution is 9.10. The average Bonchev–Trinajstić information content (AvgIpc) is 2.72. The fourth-order valence-electron chi connectivity index (χ4n) is 2.72. The van der Waals surface area contributed by atoms with Crippen LogP contribution in [0.5, 0.6) is 0 Å². The van der Waals surface area contributed by atoms with Gasteiger partial charge in [0.15, 0.2) is 0 Å². The number of halogens is 2. The lowest BCUT2D eigenvalue weighted by Gasteiger charge is -2.31. The van der Waals surface area contributed by atoms with Crippen LogP contribution in [0.2, 0.25) is 0 Å². The van der Waals surface area contributed by atoms with Crippen molar-refractivity contribution in [1.29, 1.82) is 0 Å². The van der Waals surface area contributed by atoms with Gasteiger partial charge in [0, 0.05) is 6.04 Å². The number of nitrogens with two attached hydrogens (primary N) is 1. The predicted octanol–water partition coefficient (Wildman–Crippen LogP) is 4.04. The van der Waals surface area contributed by atoms with Crippen LogP contribution in [0.3, 0.4) is 0 Å². The van der Waals surface area contributed by atoms with Gasteiger partial charge in [-0.2, -0.15) is 0 Å². The maximum absolute atomic E-state index is 13.1. The maximum atomic E-state index is 13.1. The molecule has 0 aliphatic heterocycles. The molecule has 1 aromatic rings. The first-order valence-electron chi connectivity index (χ1n) is 6.21. The lowest BCUT2D eigenvalue weighted by atomic mass is 9.78. The topological polar surface area (TPSA) is 26.0 Å². The minimum atomic E-state index is -0.214. The third kappa shape index (κ3) is 2.89. The van der Waals surface area contributed by atoms with Gasteiger partial charge in [-0.1, -0.05) is 25.8 Å². The molecule has 1 fully saturated rings. The molecular formula is C14H19BrFN. The molecule has 2 N–H and O–H groups in total. The molecule has 0 spiro atoms. The van der Waals surface area contributed by atoms with Crippen LogP contribution in [0.25, 0.3) is 0 Å². The zero-order chi connectivity index (χ0) is 12.5. The van der Waals surface area contributed by atoms with Gasteiger partial charge in [-0.15, -0.1) is 0 Å². The van der Waals surface area contributed by atoms with E-state index in [4.69, 9.17) is 5.73 Å². The summed E-state index contributed by atoms with van der Waals surface area (Å²) in [6.07, 6.45) is 5.84. The minimum absolute atomic E-state index is 0.169. The summed E-state index contributed by atoms with van der Waals surface area (Å²) in [6.45, 7) is 2.28. The largest absolute Gasteiger partial charge is 0.327 e. The Kier molecular flexibility index (Phi) is 3.88. The lowest BCUT2D eigenvalue weighted by molar-refractivity contribution is 0.260. The van der Waals surface area contributed by atoms with E-state index in [-0.39, 0.29) is 17.3 Å². The summed E-state index contributed by atoms with van der Waals surface area (Å²) < 4.78 is 13.7. The molecule has 0 heterocycles. The van der Waals surface area contributed by atoms with E-state index in [1.165, 1.54) is 31.7 Å². The van der Waals surface area contributed by atoms with E-state index in [0.717, 1.165) is 12.0 Å². The van der Waals surface area contributed by atoms with Crippen LogP contribution in [0.15, 0.2) is 22.7 Å². The third-order valence-corrected chi connectivity index (χ3v) is 4.69. The standard InChI is InChI=1S/C14H19BrFN/c1-14(6-2-3-7-14)13(17)9-10-4-5-12(16)11(15)8-10/h4-5,8,13H,2-3,6-7,9,17H2,1H3. The molecule has 1 nitrogen and oxygen atoms in total. The van der Waals surface area contributed by atoms with Crippen molar-refractivity contribution in [3.63, 3.8) is 0 Å². The van der Waals surface area contributed by atoms with Crippen molar-refractivity contribution in [2.45, 2.75) is 45.1 Å². The quantitative estimate of drug-likeness (QED) is 0.896. The van der Waals surface area contributed by atoms with Crippen molar-refractivity contribution in [1.82, 2.24) is 0 Å². The average molecular weight is 300 g/mol. The highest BCUT2D eigenvalue weighted by atomic mass is 79.9. The molecule has 3 heteroatoms. The number of hydrogen-bond donors (Lipinski definition) is 1. The van der Waals surface area contributed by atoms with Gasteiger partial charge >= 0.3 is 0 Å². The Bertz CT molecular complexity index is 399. The molecule has 0 amide bonds. The maximum Gasteiger partial charge on any atom is 0.137 e. The van der Waals surface area contributed by atoms with Gasteiger partial charge in [-0.05, 0) is 58.3 Å². The van der Waals surface area contributed by atoms with Crippen molar-refractivity contribution >= 4 is 15.9 Å².